The molecule has 18 heavy (non-hydrogen) atoms. The van der Waals surface area contributed by atoms with E-state index in [1.165, 1.54) is 6.08 Å². The van der Waals surface area contributed by atoms with E-state index < -0.39 is 0 Å². The lowest BCUT2D eigenvalue weighted by Gasteiger charge is -1.99. The Hall–Kier alpha value is -2.15. The zero-order valence-corrected chi connectivity index (χ0v) is 10.3. The Kier molecular flexibility index (Phi) is 4.08. The number of carbonyl (C=O) groups excluding carboxylic acids is 1. The van der Waals surface area contributed by atoms with Gasteiger partial charge in [0.15, 0.2) is 0 Å². The molecule has 2 aromatic rings. The van der Waals surface area contributed by atoms with Crippen molar-refractivity contribution in [3.63, 3.8) is 0 Å². The third kappa shape index (κ3) is 3.17. The Bertz CT molecular complexity index is 614. The Morgan fingerprint density at radius 3 is 2.56 bits per heavy atom. The predicted molar refractivity (Wildman–Crippen MR) is 74.6 cm³/mol. The topological polar surface area (TPSA) is 29.4 Å². The number of hydrogen-bond donors (Lipinski definition) is 0. The fourth-order valence-corrected chi connectivity index (χ4v) is 1.72. The number of halogens is 1. The van der Waals surface area contributed by atoms with Crippen LogP contribution >= 0.6 is 11.6 Å². The highest BCUT2D eigenvalue weighted by atomic mass is 35.5. The molecule has 0 bridgehead atoms. The van der Waals surface area contributed by atoms with Crippen LogP contribution in [0.4, 0.5) is 5.69 Å². The van der Waals surface area contributed by atoms with E-state index in [4.69, 9.17) is 11.6 Å². The molecule has 0 radical (unpaired) electrons. The van der Waals surface area contributed by atoms with Crippen LogP contribution in [0.3, 0.4) is 0 Å². The molecule has 0 fully saturated rings. The van der Waals surface area contributed by atoms with Crippen molar-refractivity contribution in [3.05, 3.63) is 64.7 Å². The molecular formula is C15H10ClNO. The van der Waals surface area contributed by atoms with E-state index in [-0.39, 0.29) is 0 Å². The van der Waals surface area contributed by atoms with Gasteiger partial charge in [0.2, 0.25) is 6.08 Å². The molecule has 0 unspecified atom stereocenters. The molecule has 2 aromatic carbocycles. The zero-order chi connectivity index (χ0) is 12.8. The standard InChI is InChI=1S/C15H10ClNO/c16-14-9-8-13(15(10-14)17-11-18)7-6-12-4-2-1-3-5-12/h1-10H. The maximum Gasteiger partial charge on any atom is 0.240 e. The molecular weight excluding hydrogens is 246 g/mol. The molecule has 0 spiro atoms. The average Bonchev–Trinajstić information content (AvgIpc) is 2.39. The van der Waals surface area contributed by atoms with Gasteiger partial charge in [0.05, 0.1) is 5.69 Å². The van der Waals surface area contributed by atoms with Gasteiger partial charge in [0.1, 0.15) is 0 Å². The zero-order valence-electron chi connectivity index (χ0n) is 9.51. The Balaban J connectivity index is 2.34. The van der Waals surface area contributed by atoms with Gasteiger partial charge in [-0.15, -0.1) is 0 Å². The highest BCUT2D eigenvalue weighted by Crippen LogP contribution is 2.25. The summed E-state index contributed by atoms with van der Waals surface area (Å²) in [6.45, 7) is 0. The van der Waals surface area contributed by atoms with Crippen LogP contribution in [0.25, 0.3) is 12.2 Å². The van der Waals surface area contributed by atoms with E-state index in [9.17, 15) is 4.79 Å². The van der Waals surface area contributed by atoms with Crippen LogP contribution in [0.5, 0.6) is 0 Å². The molecule has 0 atom stereocenters. The van der Waals surface area contributed by atoms with Gasteiger partial charge in [-0.2, -0.15) is 4.99 Å². The molecule has 0 N–H and O–H groups in total. The fraction of sp³-hybridized carbons (Fsp3) is 0. The maximum atomic E-state index is 10.4. The summed E-state index contributed by atoms with van der Waals surface area (Å²) in [6, 6.07) is 15.1. The van der Waals surface area contributed by atoms with Crippen LogP contribution in [0, 0.1) is 0 Å². The van der Waals surface area contributed by atoms with Gasteiger partial charge >= 0.3 is 0 Å². The van der Waals surface area contributed by atoms with Gasteiger partial charge in [-0.1, -0.05) is 60.2 Å². The van der Waals surface area contributed by atoms with Crippen LogP contribution < -0.4 is 0 Å². The van der Waals surface area contributed by atoms with Crippen molar-refractivity contribution in [2.45, 2.75) is 0 Å². The minimum Gasteiger partial charge on any atom is -0.211 e. The molecule has 0 amide bonds. The second-order valence-corrected chi connectivity index (χ2v) is 4.09. The summed E-state index contributed by atoms with van der Waals surface area (Å²) in [5.74, 6) is 0. The van der Waals surface area contributed by atoms with E-state index in [0.717, 1.165) is 11.1 Å². The lowest BCUT2D eigenvalue weighted by molar-refractivity contribution is 0.565. The monoisotopic (exact) mass is 255 g/mol. The van der Waals surface area contributed by atoms with Crippen LogP contribution in [0.2, 0.25) is 5.02 Å². The lowest BCUT2D eigenvalue weighted by atomic mass is 10.1. The van der Waals surface area contributed by atoms with Gasteiger partial charge in [0.25, 0.3) is 0 Å². The quantitative estimate of drug-likeness (QED) is 0.452. The first kappa shape index (κ1) is 12.3. The predicted octanol–water partition coefficient (Wildman–Crippen LogP) is 4.48. The number of nitrogens with zero attached hydrogens (tertiary/aromatic N) is 1. The molecule has 0 saturated heterocycles. The number of benzene rings is 2. The van der Waals surface area contributed by atoms with Crippen molar-refractivity contribution >= 4 is 35.5 Å². The number of hydrogen-bond acceptors (Lipinski definition) is 2. The van der Waals surface area contributed by atoms with Crippen molar-refractivity contribution in [1.29, 1.82) is 0 Å². The smallest absolute Gasteiger partial charge is 0.211 e. The van der Waals surface area contributed by atoms with E-state index in [1.807, 2.05) is 48.6 Å². The number of isocyanates is 1. The molecule has 0 heterocycles. The lowest BCUT2D eigenvalue weighted by Crippen LogP contribution is -1.76. The average molecular weight is 256 g/mol. The first-order valence-electron chi connectivity index (χ1n) is 5.40. The molecule has 0 aliphatic carbocycles. The highest BCUT2D eigenvalue weighted by molar-refractivity contribution is 6.30. The van der Waals surface area contributed by atoms with E-state index >= 15 is 0 Å². The first-order chi connectivity index (χ1) is 8.79. The molecule has 0 saturated carbocycles. The maximum absolute atomic E-state index is 10.4. The number of aliphatic imine (C=N–C) groups is 1. The van der Waals surface area contributed by atoms with Crippen molar-refractivity contribution in [2.75, 3.05) is 0 Å². The third-order valence-corrected chi connectivity index (χ3v) is 2.65. The summed E-state index contributed by atoms with van der Waals surface area (Å²) in [7, 11) is 0. The molecule has 3 heteroatoms. The third-order valence-electron chi connectivity index (χ3n) is 2.41. The molecule has 2 nitrogen and oxygen atoms in total. The first-order valence-corrected chi connectivity index (χ1v) is 5.78. The van der Waals surface area contributed by atoms with Crippen LogP contribution in [0.15, 0.2) is 53.5 Å². The second kappa shape index (κ2) is 5.97. The summed E-state index contributed by atoms with van der Waals surface area (Å²) >= 11 is 5.86. The van der Waals surface area contributed by atoms with Gasteiger partial charge in [0, 0.05) is 10.6 Å². The second-order valence-electron chi connectivity index (χ2n) is 3.65. The summed E-state index contributed by atoms with van der Waals surface area (Å²) in [5.41, 5.74) is 2.42. The van der Waals surface area contributed by atoms with E-state index in [2.05, 4.69) is 4.99 Å². The van der Waals surface area contributed by atoms with E-state index in [1.54, 1.807) is 12.1 Å². The van der Waals surface area contributed by atoms with Crippen LogP contribution in [-0.2, 0) is 4.79 Å². The molecule has 0 aliphatic heterocycles. The number of rotatable bonds is 3. The van der Waals surface area contributed by atoms with Crippen LogP contribution in [0.1, 0.15) is 11.1 Å². The minimum atomic E-state index is 0.518. The fourth-order valence-electron chi connectivity index (χ4n) is 1.55. The van der Waals surface area contributed by atoms with Crippen molar-refractivity contribution < 1.29 is 4.79 Å². The van der Waals surface area contributed by atoms with Gasteiger partial charge in [-0.3, -0.25) is 0 Å². The molecule has 0 aliphatic rings. The Morgan fingerprint density at radius 1 is 1.06 bits per heavy atom. The van der Waals surface area contributed by atoms with E-state index in [0.29, 0.717) is 10.7 Å². The van der Waals surface area contributed by atoms with Gasteiger partial charge < -0.3 is 0 Å². The summed E-state index contributed by atoms with van der Waals surface area (Å²) < 4.78 is 0. The normalized spacial score (nSPS) is 10.3. The molecule has 0 aromatic heterocycles. The minimum absolute atomic E-state index is 0.518. The summed E-state index contributed by atoms with van der Waals surface area (Å²) in [6.07, 6.45) is 5.37. The summed E-state index contributed by atoms with van der Waals surface area (Å²) in [5, 5.41) is 0.542. The summed E-state index contributed by atoms with van der Waals surface area (Å²) in [4.78, 5) is 14.0. The van der Waals surface area contributed by atoms with Crippen LogP contribution in [-0.4, -0.2) is 6.08 Å². The highest BCUT2D eigenvalue weighted by Gasteiger charge is 1.99. The van der Waals surface area contributed by atoms with Crippen molar-refractivity contribution in [2.24, 2.45) is 4.99 Å². The van der Waals surface area contributed by atoms with Gasteiger partial charge in [-0.25, -0.2) is 4.79 Å². The van der Waals surface area contributed by atoms with Crippen molar-refractivity contribution in [1.82, 2.24) is 0 Å². The Morgan fingerprint density at radius 2 is 1.83 bits per heavy atom. The van der Waals surface area contributed by atoms with Gasteiger partial charge in [-0.05, 0) is 17.7 Å². The van der Waals surface area contributed by atoms with Crippen molar-refractivity contribution in [3.8, 4) is 0 Å². The Labute approximate surface area is 110 Å². The molecule has 88 valence electrons. The SMILES string of the molecule is O=C=Nc1cc(Cl)ccc1C=Cc1ccccc1. The molecule has 2 rings (SSSR count). The largest absolute Gasteiger partial charge is 0.240 e.